The predicted octanol–water partition coefficient (Wildman–Crippen LogP) is 7.66. The molecule has 1 aromatic carbocycles. The summed E-state index contributed by atoms with van der Waals surface area (Å²) in [5, 5.41) is 0. The van der Waals surface area contributed by atoms with Crippen LogP contribution in [0, 0.1) is 0 Å². The fourth-order valence-corrected chi connectivity index (χ4v) is 3.63. The van der Waals surface area contributed by atoms with Crippen molar-refractivity contribution in [2.24, 2.45) is 0 Å². The highest BCUT2D eigenvalue weighted by molar-refractivity contribution is 5.35. The van der Waals surface area contributed by atoms with Gasteiger partial charge in [-0.2, -0.15) is 0 Å². The maximum Gasteiger partial charge on any atom is -0.0276 e. The van der Waals surface area contributed by atoms with Gasteiger partial charge < -0.3 is 0 Å². The van der Waals surface area contributed by atoms with Crippen molar-refractivity contribution in [2.45, 2.75) is 111 Å². The maximum atomic E-state index is 2.38. The first kappa shape index (κ1) is 20.3. The molecular formula is C23H40. The summed E-state index contributed by atoms with van der Waals surface area (Å²) in [5.41, 5.74) is 4.92. The molecule has 0 saturated heterocycles. The van der Waals surface area contributed by atoms with Gasteiger partial charge in [0.05, 0.1) is 0 Å². The van der Waals surface area contributed by atoms with Crippen LogP contribution in [0.25, 0.3) is 0 Å². The molecule has 0 heteroatoms. The molecular weight excluding hydrogens is 276 g/mol. The molecule has 0 amide bonds. The third-order valence-electron chi connectivity index (χ3n) is 5.07. The average Bonchev–Trinajstić information content (AvgIpc) is 2.58. The largest absolute Gasteiger partial charge is 0.0654 e. The van der Waals surface area contributed by atoms with Crippen LogP contribution < -0.4 is 0 Å². The van der Waals surface area contributed by atoms with E-state index in [9.17, 15) is 0 Å². The van der Waals surface area contributed by atoms with E-state index in [1.165, 1.54) is 89.9 Å². The van der Waals surface area contributed by atoms with Crippen molar-refractivity contribution in [3.05, 3.63) is 34.9 Å². The molecule has 0 N–H and O–H groups in total. The van der Waals surface area contributed by atoms with Gasteiger partial charge in [-0.3, -0.25) is 0 Å². The van der Waals surface area contributed by atoms with Crippen LogP contribution in [-0.2, 0) is 19.3 Å². The lowest BCUT2D eigenvalue weighted by Gasteiger charge is -2.14. The summed E-state index contributed by atoms with van der Waals surface area (Å²) in [6.45, 7) is 6.92. The van der Waals surface area contributed by atoms with Gasteiger partial charge in [-0.25, -0.2) is 0 Å². The summed E-state index contributed by atoms with van der Waals surface area (Å²) >= 11 is 0. The van der Waals surface area contributed by atoms with Crippen LogP contribution in [0.1, 0.15) is 108 Å². The van der Waals surface area contributed by atoms with Gasteiger partial charge >= 0.3 is 0 Å². The standard InChI is InChI=1S/C23H40/c1-4-7-9-11-12-13-15-18-22-20-16-19-21(23(22)6-3)17-14-10-8-5-2/h16,19-20H,4-15,17-18H2,1-3H3. The smallest absolute Gasteiger partial charge is 0.0276 e. The van der Waals surface area contributed by atoms with E-state index in [0.717, 1.165) is 0 Å². The molecule has 0 radical (unpaired) electrons. The number of aryl methyl sites for hydroxylation is 2. The molecule has 0 heterocycles. The second-order valence-electron chi connectivity index (χ2n) is 7.09. The molecule has 0 fully saturated rings. The van der Waals surface area contributed by atoms with E-state index < -0.39 is 0 Å². The number of rotatable bonds is 14. The SMILES string of the molecule is CCCCCCCCCc1cccc(CCCCCC)c1CC. The van der Waals surface area contributed by atoms with E-state index in [1.807, 2.05) is 0 Å². The van der Waals surface area contributed by atoms with E-state index in [1.54, 1.807) is 16.7 Å². The van der Waals surface area contributed by atoms with Gasteiger partial charge in [-0.15, -0.1) is 0 Å². The van der Waals surface area contributed by atoms with Gasteiger partial charge in [0.25, 0.3) is 0 Å². The van der Waals surface area contributed by atoms with E-state index in [-0.39, 0.29) is 0 Å². The molecule has 1 rings (SSSR count). The van der Waals surface area contributed by atoms with E-state index in [2.05, 4.69) is 39.0 Å². The van der Waals surface area contributed by atoms with E-state index >= 15 is 0 Å². The first-order chi connectivity index (χ1) is 11.3. The molecule has 0 nitrogen and oxygen atoms in total. The second kappa shape index (κ2) is 13.6. The fourth-order valence-electron chi connectivity index (χ4n) is 3.63. The highest BCUT2D eigenvalue weighted by Gasteiger charge is 2.06. The normalized spacial score (nSPS) is 11.1. The van der Waals surface area contributed by atoms with Crippen molar-refractivity contribution in [2.75, 3.05) is 0 Å². The quantitative estimate of drug-likeness (QED) is 0.309. The van der Waals surface area contributed by atoms with Crippen LogP contribution in [-0.4, -0.2) is 0 Å². The van der Waals surface area contributed by atoms with Crippen molar-refractivity contribution < 1.29 is 0 Å². The Hall–Kier alpha value is -0.780. The van der Waals surface area contributed by atoms with Crippen LogP contribution >= 0.6 is 0 Å². The summed E-state index contributed by atoms with van der Waals surface area (Å²) in [6.07, 6.45) is 19.1. The second-order valence-corrected chi connectivity index (χ2v) is 7.09. The minimum atomic E-state index is 1.20. The van der Waals surface area contributed by atoms with Gasteiger partial charge in [0.2, 0.25) is 0 Å². The number of hydrogen-bond acceptors (Lipinski definition) is 0. The molecule has 132 valence electrons. The van der Waals surface area contributed by atoms with Crippen LogP contribution in [0.2, 0.25) is 0 Å². The Kier molecular flexibility index (Phi) is 12.0. The van der Waals surface area contributed by atoms with Crippen molar-refractivity contribution in [1.82, 2.24) is 0 Å². The highest BCUT2D eigenvalue weighted by Crippen LogP contribution is 2.21. The Bertz CT molecular complexity index is 391. The summed E-state index contributed by atoms with van der Waals surface area (Å²) < 4.78 is 0. The van der Waals surface area contributed by atoms with Gasteiger partial charge in [-0.05, 0) is 48.8 Å². The summed E-state index contributed by atoms with van der Waals surface area (Å²) in [4.78, 5) is 0. The fraction of sp³-hybridized carbons (Fsp3) is 0.739. The van der Waals surface area contributed by atoms with Crippen LogP contribution in [0.15, 0.2) is 18.2 Å². The molecule has 0 atom stereocenters. The zero-order valence-electron chi connectivity index (χ0n) is 16.1. The van der Waals surface area contributed by atoms with Crippen molar-refractivity contribution in [3.8, 4) is 0 Å². The number of benzene rings is 1. The number of unbranched alkanes of at least 4 members (excludes halogenated alkanes) is 9. The van der Waals surface area contributed by atoms with Crippen LogP contribution in [0.4, 0.5) is 0 Å². The van der Waals surface area contributed by atoms with Crippen molar-refractivity contribution in [1.29, 1.82) is 0 Å². The third kappa shape index (κ3) is 8.58. The highest BCUT2D eigenvalue weighted by atomic mass is 14.1. The zero-order valence-corrected chi connectivity index (χ0v) is 16.1. The average molecular weight is 317 g/mol. The third-order valence-corrected chi connectivity index (χ3v) is 5.07. The molecule has 0 aliphatic rings. The minimum absolute atomic E-state index is 1.20. The summed E-state index contributed by atoms with van der Waals surface area (Å²) in [7, 11) is 0. The topological polar surface area (TPSA) is 0 Å². The molecule has 0 aliphatic heterocycles. The molecule has 0 spiro atoms. The Labute approximate surface area is 146 Å². The molecule has 1 aromatic rings. The van der Waals surface area contributed by atoms with E-state index in [0.29, 0.717) is 0 Å². The van der Waals surface area contributed by atoms with Crippen molar-refractivity contribution in [3.63, 3.8) is 0 Å². The molecule has 0 aliphatic carbocycles. The lowest BCUT2D eigenvalue weighted by Crippen LogP contribution is -2.00. The molecule has 0 saturated carbocycles. The van der Waals surface area contributed by atoms with Gasteiger partial charge in [0.1, 0.15) is 0 Å². The van der Waals surface area contributed by atoms with Crippen LogP contribution in [0.3, 0.4) is 0 Å². The van der Waals surface area contributed by atoms with Gasteiger partial charge in [0, 0.05) is 0 Å². The monoisotopic (exact) mass is 316 g/mol. The van der Waals surface area contributed by atoms with Crippen LogP contribution in [0.5, 0.6) is 0 Å². The van der Waals surface area contributed by atoms with E-state index in [4.69, 9.17) is 0 Å². The Morgan fingerprint density at radius 3 is 1.48 bits per heavy atom. The number of hydrogen-bond donors (Lipinski definition) is 0. The molecule has 0 unspecified atom stereocenters. The summed E-state index contributed by atoms with van der Waals surface area (Å²) in [5.74, 6) is 0. The summed E-state index contributed by atoms with van der Waals surface area (Å²) in [6, 6.07) is 7.05. The lowest BCUT2D eigenvalue weighted by atomic mass is 9.92. The predicted molar refractivity (Wildman–Crippen MR) is 105 cm³/mol. The Balaban J connectivity index is 2.39. The first-order valence-corrected chi connectivity index (χ1v) is 10.4. The van der Waals surface area contributed by atoms with Gasteiger partial charge in [0.15, 0.2) is 0 Å². The first-order valence-electron chi connectivity index (χ1n) is 10.4. The molecule has 23 heavy (non-hydrogen) atoms. The Morgan fingerprint density at radius 2 is 1.00 bits per heavy atom. The zero-order chi connectivity index (χ0) is 16.8. The van der Waals surface area contributed by atoms with Crippen molar-refractivity contribution >= 4 is 0 Å². The van der Waals surface area contributed by atoms with Gasteiger partial charge in [-0.1, -0.05) is 96.8 Å². The maximum absolute atomic E-state index is 2.38. The molecule has 0 aromatic heterocycles. The Morgan fingerprint density at radius 1 is 0.565 bits per heavy atom. The molecule has 0 bridgehead atoms. The minimum Gasteiger partial charge on any atom is -0.0654 e. The lowest BCUT2D eigenvalue weighted by molar-refractivity contribution is 0.588.